The molecule has 1 N–H and O–H groups in total. The van der Waals surface area contributed by atoms with E-state index in [0.29, 0.717) is 50.6 Å². The average Bonchev–Trinajstić information content (AvgIpc) is 2.94. The SMILES string of the molecule is O=C(N1CC[C@@H](O)C1)C1(c2cccc(Cl)c2)CCOCC1. The number of aliphatic hydroxyl groups is 1. The van der Waals surface area contributed by atoms with Crippen LogP contribution >= 0.6 is 11.6 Å². The molecule has 0 saturated carbocycles. The van der Waals surface area contributed by atoms with E-state index in [-0.39, 0.29) is 5.91 Å². The molecule has 4 nitrogen and oxygen atoms in total. The molecule has 2 aliphatic rings. The zero-order valence-electron chi connectivity index (χ0n) is 11.9. The van der Waals surface area contributed by atoms with Gasteiger partial charge in [-0.3, -0.25) is 4.79 Å². The molecule has 0 radical (unpaired) electrons. The summed E-state index contributed by atoms with van der Waals surface area (Å²) in [7, 11) is 0. The van der Waals surface area contributed by atoms with E-state index in [1.807, 2.05) is 24.3 Å². The van der Waals surface area contributed by atoms with Crippen molar-refractivity contribution in [1.82, 2.24) is 4.90 Å². The van der Waals surface area contributed by atoms with E-state index < -0.39 is 11.5 Å². The first-order chi connectivity index (χ1) is 10.1. The molecule has 0 unspecified atom stereocenters. The van der Waals surface area contributed by atoms with Gasteiger partial charge in [-0.05, 0) is 37.0 Å². The third kappa shape index (κ3) is 2.80. The summed E-state index contributed by atoms with van der Waals surface area (Å²) in [6, 6.07) is 7.57. The molecule has 0 spiro atoms. The van der Waals surface area contributed by atoms with Crippen molar-refractivity contribution >= 4 is 17.5 Å². The number of carbonyl (C=O) groups excluding carboxylic acids is 1. The van der Waals surface area contributed by atoms with E-state index in [9.17, 15) is 9.90 Å². The van der Waals surface area contributed by atoms with Crippen LogP contribution < -0.4 is 0 Å². The predicted molar refractivity (Wildman–Crippen MR) is 80.4 cm³/mol. The summed E-state index contributed by atoms with van der Waals surface area (Å²) in [5, 5.41) is 10.4. The molecule has 1 atom stereocenters. The Hall–Kier alpha value is -1.10. The van der Waals surface area contributed by atoms with Crippen LogP contribution in [0.4, 0.5) is 0 Å². The van der Waals surface area contributed by atoms with Gasteiger partial charge in [0.05, 0.1) is 11.5 Å². The summed E-state index contributed by atoms with van der Waals surface area (Å²) in [5.74, 6) is 0.101. The molecule has 2 fully saturated rings. The van der Waals surface area contributed by atoms with Crippen molar-refractivity contribution in [3.05, 3.63) is 34.9 Å². The van der Waals surface area contributed by atoms with Gasteiger partial charge in [0.15, 0.2) is 0 Å². The van der Waals surface area contributed by atoms with Gasteiger partial charge in [-0.15, -0.1) is 0 Å². The quantitative estimate of drug-likeness (QED) is 0.909. The lowest BCUT2D eigenvalue weighted by atomic mass is 9.73. The standard InChI is InChI=1S/C16H20ClNO3/c17-13-3-1-2-12(10-13)16(5-8-21-9-6-16)15(20)18-7-4-14(19)11-18/h1-3,10,14,19H,4-9,11H2/t14-/m1/s1. The maximum absolute atomic E-state index is 13.1. The molecule has 2 heterocycles. The highest BCUT2D eigenvalue weighted by Gasteiger charge is 2.45. The Bertz CT molecular complexity index is 528. The maximum Gasteiger partial charge on any atom is 0.233 e. The Kier molecular flexibility index (Phi) is 4.20. The minimum atomic E-state index is -0.562. The Morgan fingerprint density at radius 3 is 2.76 bits per heavy atom. The average molecular weight is 310 g/mol. The molecular weight excluding hydrogens is 290 g/mol. The highest BCUT2D eigenvalue weighted by Crippen LogP contribution is 2.38. The van der Waals surface area contributed by atoms with E-state index in [1.54, 1.807) is 4.90 Å². The van der Waals surface area contributed by atoms with Gasteiger partial charge >= 0.3 is 0 Å². The molecule has 1 aromatic rings. The van der Waals surface area contributed by atoms with Gasteiger partial charge < -0.3 is 14.7 Å². The zero-order valence-corrected chi connectivity index (χ0v) is 12.7. The van der Waals surface area contributed by atoms with Gasteiger partial charge in [-0.2, -0.15) is 0 Å². The normalized spacial score (nSPS) is 25.0. The molecule has 0 aromatic heterocycles. The lowest BCUT2D eigenvalue weighted by molar-refractivity contribution is -0.140. The molecule has 2 aliphatic heterocycles. The fourth-order valence-electron chi connectivity index (χ4n) is 3.36. The van der Waals surface area contributed by atoms with Gasteiger partial charge in [0.1, 0.15) is 0 Å². The number of halogens is 1. The van der Waals surface area contributed by atoms with Gasteiger partial charge in [0.25, 0.3) is 0 Å². The van der Waals surface area contributed by atoms with Crippen molar-refractivity contribution in [3.63, 3.8) is 0 Å². The maximum atomic E-state index is 13.1. The van der Waals surface area contributed by atoms with E-state index in [1.165, 1.54) is 0 Å². The highest BCUT2D eigenvalue weighted by molar-refractivity contribution is 6.30. The molecule has 1 amide bonds. The van der Waals surface area contributed by atoms with Crippen LogP contribution in [0.1, 0.15) is 24.8 Å². The summed E-state index contributed by atoms with van der Waals surface area (Å²) < 4.78 is 5.46. The molecule has 5 heteroatoms. The highest BCUT2D eigenvalue weighted by atomic mass is 35.5. The van der Waals surface area contributed by atoms with Gasteiger partial charge in [0, 0.05) is 31.3 Å². The molecule has 0 bridgehead atoms. The number of rotatable bonds is 2. The topological polar surface area (TPSA) is 49.8 Å². The predicted octanol–water partition coefficient (Wildman–Crippen LogP) is 1.98. The first kappa shape index (κ1) is 14.8. The van der Waals surface area contributed by atoms with Crippen LogP contribution in [0, 0.1) is 0 Å². The van der Waals surface area contributed by atoms with Crippen LogP contribution in [0.15, 0.2) is 24.3 Å². The van der Waals surface area contributed by atoms with Crippen LogP contribution in [-0.2, 0) is 14.9 Å². The minimum absolute atomic E-state index is 0.101. The van der Waals surface area contributed by atoms with Gasteiger partial charge in [-0.25, -0.2) is 0 Å². The summed E-state index contributed by atoms with van der Waals surface area (Å²) >= 11 is 6.12. The molecule has 114 valence electrons. The fourth-order valence-corrected chi connectivity index (χ4v) is 3.55. The Balaban J connectivity index is 1.95. The first-order valence-electron chi connectivity index (χ1n) is 7.43. The van der Waals surface area contributed by atoms with Crippen molar-refractivity contribution in [2.75, 3.05) is 26.3 Å². The summed E-state index contributed by atoms with van der Waals surface area (Å²) in [5.41, 5.74) is 0.400. The monoisotopic (exact) mass is 309 g/mol. The smallest absolute Gasteiger partial charge is 0.233 e. The molecular formula is C16H20ClNO3. The van der Waals surface area contributed by atoms with Crippen molar-refractivity contribution in [2.45, 2.75) is 30.8 Å². The Labute approximate surface area is 129 Å². The molecule has 0 aliphatic carbocycles. The number of benzene rings is 1. The first-order valence-corrected chi connectivity index (χ1v) is 7.81. The van der Waals surface area contributed by atoms with Crippen LogP contribution in [0.2, 0.25) is 5.02 Å². The summed E-state index contributed by atoms with van der Waals surface area (Å²) in [6.07, 6.45) is 1.59. The van der Waals surface area contributed by atoms with Crippen molar-refractivity contribution in [1.29, 1.82) is 0 Å². The number of aliphatic hydroxyl groups excluding tert-OH is 1. The van der Waals surface area contributed by atoms with E-state index in [0.717, 1.165) is 5.56 Å². The second-order valence-electron chi connectivity index (χ2n) is 5.90. The number of carbonyl (C=O) groups is 1. The second-order valence-corrected chi connectivity index (χ2v) is 6.33. The Morgan fingerprint density at radius 1 is 1.38 bits per heavy atom. The number of hydrogen-bond donors (Lipinski definition) is 1. The van der Waals surface area contributed by atoms with Crippen molar-refractivity contribution in [3.8, 4) is 0 Å². The van der Waals surface area contributed by atoms with Gasteiger partial charge in [-0.1, -0.05) is 23.7 Å². The minimum Gasteiger partial charge on any atom is -0.391 e. The number of nitrogens with zero attached hydrogens (tertiary/aromatic N) is 1. The van der Waals surface area contributed by atoms with Crippen LogP contribution in [0.25, 0.3) is 0 Å². The van der Waals surface area contributed by atoms with Crippen LogP contribution in [-0.4, -0.2) is 48.3 Å². The number of β-amino-alcohol motifs (C(OH)–C–C–N with tert-alkyl or cyclic N) is 1. The second kappa shape index (κ2) is 5.95. The zero-order chi connectivity index (χ0) is 14.9. The number of ether oxygens (including phenoxy) is 1. The third-order valence-corrected chi connectivity index (χ3v) is 4.82. The lowest BCUT2D eigenvalue weighted by Gasteiger charge is -2.39. The van der Waals surface area contributed by atoms with Gasteiger partial charge in [0.2, 0.25) is 5.91 Å². The van der Waals surface area contributed by atoms with E-state index in [2.05, 4.69) is 0 Å². The largest absolute Gasteiger partial charge is 0.391 e. The molecule has 1 aromatic carbocycles. The van der Waals surface area contributed by atoms with E-state index in [4.69, 9.17) is 16.3 Å². The number of likely N-dealkylation sites (tertiary alicyclic amines) is 1. The van der Waals surface area contributed by atoms with Crippen molar-refractivity contribution in [2.24, 2.45) is 0 Å². The fraction of sp³-hybridized carbons (Fsp3) is 0.562. The summed E-state index contributed by atoms with van der Waals surface area (Å²) in [4.78, 5) is 14.9. The van der Waals surface area contributed by atoms with Crippen LogP contribution in [0.3, 0.4) is 0 Å². The third-order valence-electron chi connectivity index (χ3n) is 4.58. The van der Waals surface area contributed by atoms with Crippen LogP contribution in [0.5, 0.6) is 0 Å². The van der Waals surface area contributed by atoms with Crippen molar-refractivity contribution < 1.29 is 14.6 Å². The lowest BCUT2D eigenvalue weighted by Crippen LogP contribution is -2.49. The van der Waals surface area contributed by atoms with E-state index >= 15 is 0 Å². The summed E-state index contributed by atoms with van der Waals surface area (Å²) in [6.45, 7) is 2.22. The number of hydrogen-bond acceptors (Lipinski definition) is 3. The molecule has 2 saturated heterocycles. The molecule has 3 rings (SSSR count). The molecule has 21 heavy (non-hydrogen) atoms. The number of amides is 1. The Morgan fingerprint density at radius 2 is 2.14 bits per heavy atom.